The summed E-state index contributed by atoms with van der Waals surface area (Å²) in [5, 5.41) is 12.3. The molecule has 0 bridgehead atoms. The van der Waals surface area contributed by atoms with Crippen LogP contribution in [0.15, 0.2) is 12.2 Å². The second kappa shape index (κ2) is 24.7. The number of nitrogens with one attached hydrogen (secondary N) is 1. The van der Waals surface area contributed by atoms with Crippen LogP contribution in [0.25, 0.3) is 0 Å². The molecule has 0 fully saturated rings. The van der Waals surface area contributed by atoms with Crippen LogP contribution in [0.4, 0.5) is 0 Å². The molecule has 0 aromatic carbocycles. The number of rotatable bonds is 22. The third kappa shape index (κ3) is 23.7. The minimum absolute atomic E-state index is 0.350. The molecule has 0 atom stereocenters. The minimum Gasteiger partial charge on any atom is -0.396 e. The molecule has 0 rings (SSSR count). The molecule has 0 saturated heterocycles. The molecule has 2 nitrogen and oxygen atoms in total. The van der Waals surface area contributed by atoms with E-state index >= 15 is 0 Å². The molecule has 0 unspecified atom stereocenters. The molecule has 0 radical (unpaired) electrons. The summed E-state index contributed by atoms with van der Waals surface area (Å²) in [5.74, 6) is 0. The Kier molecular flexibility index (Phi) is 24.3. The van der Waals surface area contributed by atoms with Crippen molar-refractivity contribution < 1.29 is 5.11 Å². The van der Waals surface area contributed by atoms with E-state index in [2.05, 4.69) is 24.4 Å². The molecule has 0 heterocycles. The van der Waals surface area contributed by atoms with E-state index in [-0.39, 0.29) is 0 Å². The van der Waals surface area contributed by atoms with Gasteiger partial charge in [0.05, 0.1) is 0 Å². The van der Waals surface area contributed by atoms with Gasteiger partial charge in [-0.3, -0.25) is 0 Å². The number of aliphatic hydroxyl groups is 1. The van der Waals surface area contributed by atoms with Crippen LogP contribution in [0, 0.1) is 0 Å². The van der Waals surface area contributed by atoms with Crippen molar-refractivity contribution in [2.75, 3.05) is 19.7 Å². The van der Waals surface area contributed by atoms with Gasteiger partial charge in [-0.1, -0.05) is 89.7 Å². The van der Waals surface area contributed by atoms with Crippen LogP contribution in [-0.2, 0) is 0 Å². The third-order valence-electron chi connectivity index (χ3n) is 5.13. The summed E-state index contributed by atoms with van der Waals surface area (Å²) in [6, 6.07) is 0. The zero-order valence-corrected chi connectivity index (χ0v) is 18.0. The quantitative estimate of drug-likeness (QED) is 0.157. The van der Waals surface area contributed by atoms with E-state index in [4.69, 9.17) is 5.11 Å². The first kappa shape index (κ1) is 25.7. The Morgan fingerprint density at radius 2 is 0.962 bits per heavy atom. The third-order valence-corrected chi connectivity index (χ3v) is 5.13. The fourth-order valence-corrected chi connectivity index (χ4v) is 3.34. The van der Waals surface area contributed by atoms with Gasteiger partial charge in [0.1, 0.15) is 0 Å². The van der Waals surface area contributed by atoms with Crippen LogP contribution < -0.4 is 5.32 Å². The van der Waals surface area contributed by atoms with Gasteiger partial charge in [0.2, 0.25) is 0 Å². The summed E-state index contributed by atoms with van der Waals surface area (Å²) >= 11 is 0. The molecule has 0 aliphatic heterocycles. The zero-order valence-electron chi connectivity index (χ0n) is 18.0. The van der Waals surface area contributed by atoms with Crippen molar-refractivity contribution in [3.05, 3.63) is 12.2 Å². The molecule has 2 heteroatoms. The topological polar surface area (TPSA) is 32.3 Å². The average molecular weight is 368 g/mol. The maximum absolute atomic E-state index is 8.71. The summed E-state index contributed by atoms with van der Waals surface area (Å²) in [4.78, 5) is 0. The summed E-state index contributed by atoms with van der Waals surface area (Å²) in [7, 11) is 0. The molecule has 0 spiro atoms. The van der Waals surface area contributed by atoms with Crippen molar-refractivity contribution in [3.8, 4) is 0 Å². The highest BCUT2D eigenvalue weighted by Crippen LogP contribution is 2.09. The van der Waals surface area contributed by atoms with Crippen LogP contribution in [0.3, 0.4) is 0 Å². The molecular formula is C24H49NO. The van der Waals surface area contributed by atoms with Crippen molar-refractivity contribution in [1.82, 2.24) is 5.32 Å². The SMILES string of the molecule is CCCCCCCC/C=C\CCCCCCCCNCCCCCCO. The molecule has 156 valence electrons. The number of hydrogen-bond donors (Lipinski definition) is 2. The molecule has 0 aromatic rings. The number of unbranched alkanes of at least 4 members (excludes halogenated alkanes) is 15. The number of allylic oxidation sites excluding steroid dienone is 2. The first-order chi connectivity index (χ1) is 12.9. The smallest absolute Gasteiger partial charge is 0.0431 e. The number of hydrogen-bond acceptors (Lipinski definition) is 2. The lowest BCUT2D eigenvalue weighted by Gasteiger charge is -2.04. The molecule has 0 aliphatic rings. The van der Waals surface area contributed by atoms with Crippen LogP contribution >= 0.6 is 0 Å². The lowest BCUT2D eigenvalue weighted by Crippen LogP contribution is -2.16. The molecule has 0 amide bonds. The fourth-order valence-electron chi connectivity index (χ4n) is 3.34. The highest BCUT2D eigenvalue weighted by molar-refractivity contribution is 4.81. The molecule has 2 N–H and O–H groups in total. The first-order valence-corrected chi connectivity index (χ1v) is 11.9. The van der Waals surface area contributed by atoms with Crippen molar-refractivity contribution in [2.24, 2.45) is 0 Å². The van der Waals surface area contributed by atoms with Crippen molar-refractivity contribution >= 4 is 0 Å². The first-order valence-electron chi connectivity index (χ1n) is 11.9. The summed E-state index contributed by atoms with van der Waals surface area (Å²) < 4.78 is 0. The van der Waals surface area contributed by atoms with E-state index in [9.17, 15) is 0 Å². The lowest BCUT2D eigenvalue weighted by atomic mass is 10.1. The van der Waals surface area contributed by atoms with Gasteiger partial charge in [-0.25, -0.2) is 0 Å². The van der Waals surface area contributed by atoms with E-state index in [1.54, 1.807) is 0 Å². The lowest BCUT2D eigenvalue weighted by molar-refractivity contribution is 0.282. The van der Waals surface area contributed by atoms with Crippen molar-refractivity contribution in [2.45, 2.75) is 122 Å². The average Bonchev–Trinajstić information content (AvgIpc) is 2.66. The second-order valence-electron chi connectivity index (χ2n) is 7.83. The molecule has 0 aromatic heterocycles. The number of aliphatic hydroxyl groups excluding tert-OH is 1. The second-order valence-corrected chi connectivity index (χ2v) is 7.83. The fraction of sp³-hybridized carbons (Fsp3) is 0.917. The van der Waals surface area contributed by atoms with Gasteiger partial charge in [0.15, 0.2) is 0 Å². The normalized spacial score (nSPS) is 11.6. The van der Waals surface area contributed by atoms with Crippen molar-refractivity contribution in [3.63, 3.8) is 0 Å². The Bertz CT molecular complexity index is 265. The Hall–Kier alpha value is -0.340. The maximum atomic E-state index is 8.71. The Morgan fingerprint density at radius 1 is 0.538 bits per heavy atom. The molecule has 0 aliphatic carbocycles. The van der Waals surface area contributed by atoms with Crippen LogP contribution in [-0.4, -0.2) is 24.8 Å². The Morgan fingerprint density at radius 3 is 1.46 bits per heavy atom. The molecule has 0 saturated carbocycles. The predicted molar refractivity (Wildman–Crippen MR) is 118 cm³/mol. The summed E-state index contributed by atoms with van der Waals surface area (Å²) in [6.45, 7) is 4.96. The highest BCUT2D eigenvalue weighted by atomic mass is 16.2. The highest BCUT2D eigenvalue weighted by Gasteiger charge is 1.93. The Labute approximate surface area is 165 Å². The maximum Gasteiger partial charge on any atom is 0.0431 e. The Balaban J connectivity index is 3.03. The van der Waals surface area contributed by atoms with Gasteiger partial charge in [-0.05, 0) is 58.0 Å². The van der Waals surface area contributed by atoms with Gasteiger partial charge in [0.25, 0.3) is 0 Å². The van der Waals surface area contributed by atoms with E-state index in [0.717, 1.165) is 13.0 Å². The van der Waals surface area contributed by atoms with E-state index in [0.29, 0.717) is 6.61 Å². The van der Waals surface area contributed by atoms with Crippen LogP contribution in [0.1, 0.15) is 122 Å². The zero-order chi connectivity index (χ0) is 19.0. The van der Waals surface area contributed by atoms with Gasteiger partial charge < -0.3 is 10.4 Å². The monoisotopic (exact) mass is 367 g/mol. The van der Waals surface area contributed by atoms with Gasteiger partial charge in [-0.2, -0.15) is 0 Å². The molecular weight excluding hydrogens is 318 g/mol. The standard InChI is InChI=1S/C24H49NO/c1-2-3-4-5-6-7-8-9-10-11-12-13-14-15-16-19-22-25-23-20-17-18-21-24-26/h9-10,25-26H,2-8,11-24H2,1H3/b10-9-. The van der Waals surface area contributed by atoms with E-state index in [1.807, 2.05) is 0 Å². The predicted octanol–water partition coefficient (Wildman–Crippen LogP) is 7.17. The van der Waals surface area contributed by atoms with Crippen LogP contribution in [0.2, 0.25) is 0 Å². The van der Waals surface area contributed by atoms with Gasteiger partial charge in [0, 0.05) is 6.61 Å². The van der Waals surface area contributed by atoms with Gasteiger partial charge >= 0.3 is 0 Å². The van der Waals surface area contributed by atoms with E-state index < -0.39 is 0 Å². The minimum atomic E-state index is 0.350. The van der Waals surface area contributed by atoms with Crippen molar-refractivity contribution in [1.29, 1.82) is 0 Å². The van der Waals surface area contributed by atoms with Gasteiger partial charge in [-0.15, -0.1) is 0 Å². The summed E-state index contributed by atoms with van der Waals surface area (Å²) in [5.41, 5.74) is 0. The largest absolute Gasteiger partial charge is 0.396 e. The van der Waals surface area contributed by atoms with E-state index in [1.165, 1.54) is 116 Å². The summed E-state index contributed by atoms with van der Waals surface area (Å²) in [6.07, 6.45) is 28.8. The van der Waals surface area contributed by atoms with Crippen LogP contribution in [0.5, 0.6) is 0 Å². The molecule has 26 heavy (non-hydrogen) atoms.